The average molecular weight is 279 g/mol. The number of ether oxygens (including phenoxy) is 1. The first-order valence-electron chi connectivity index (χ1n) is 8.07. The molecule has 0 aromatic rings. The van der Waals surface area contributed by atoms with Crippen molar-refractivity contribution < 1.29 is 4.74 Å². The minimum absolute atomic E-state index is 0.328. The number of unbranched alkanes of at least 4 members (excludes halogenated alkanes) is 1. The quantitative estimate of drug-likeness (QED) is 0.727. The molecule has 114 valence electrons. The number of hydrogen-bond acceptors (Lipinski definition) is 4. The predicted molar refractivity (Wildman–Crippen MR) is 80.5 cm³/mol. The Hall–Kier alpha value is -0.630. The second-order valence-electron chi connectivity index (χ2n) is 6.81. The van der Waals surface area contributed by atoms with Crippen LogP contribution < -0.4 is 5.32 Å². The molecule has 1 saturated carbocycles. The highest BCUT2D eigenvalue weighted by Crippen LogP contribution is 2.25. The van der Waals surface area contributed by atoms with E-state index in [2.05, 4.69) is 30.1 Å². The van der Waals surface area contributed by atoms with Gasteiger partial charge >= 0.3 is 0 Å². The normalized spacial score (nSPS) is 30.7. The molecule has 2 aliphatic rings. The van der Waals surface area contributed by atoms with Crippen molar-refractivity contribution in [2.75, 3.05) is 19.7 Å². The Balaban J connectivity index is 1.66. The minimum atomic E-state index is -0.328. The van der Waals surface area contributed by atoms with Crippen LogP contribution in [0, 0.1) is 11.3 Å². The average Bonchev–Trinajstić information content (AvgIpc) is 3.22. The Labute approximate surface area is 123 Å². The van der Waals surface area contributed by atoms with Crippen LogP contribution in [-0.4, -0.2) is 48.3 Å². The van der Waals surface area contributed by atoms with E-state index in [0.29, 0.717) is 18.2 Å². The Morgan fingerprint density at radius 2 is 2.10 bits per heavy atom. The zero-order valence-corrected chi connectivity index (χ0v) is 13.2. The molecule has 4 nitrogen and oxygen atoms in total. The molecule has 1 N–H and O–H groups in total. The van der Waals surface area contributed by atoms with Crippen molar-refractivity contribution in [3.05, 3.63) is 0 Å². The van der Waals surface area contributed by atoms with Crippen molar-refractivity contribution in [2.45, 2.75) is 76.6 Å². The van der Waals surface area contributed by atoms with Gasteiger partial charge in [-0.2, -0.15) is 5.26 Å². The molecule has 0 aromatic heterocycles. The molecule has 2 fully saturated rings. The van der Waals surface area contributed by atoms with Crippen LogP contribution in [0.5, 0.6) is 0 Å². The van der Waals surface area contributed by atoms with E-state index in [1.54, 1.807) is 0 Å². The number of rotatable bonds is 7. The van der Waals surface area contributed by atoms with E-state index in [0.717, 1.165) is 32.5 Å². The lowest BCUT2D eigenvalue weighted by Gasteiger charge is -2.37. The minimum Gasteiger partial charge on any atom is -0.376 e. The van der Waals surface area contributed by atoms with Gasteiger partial charge in [0.15, 0.2) is 0 Å². The highest BCUT2D eigenvalue weighted by atomic mass is 16.5. The first kappa shape index (κ1) is 15.8. The third-order valence-corrected chi connectivity index (χ3v) is 4.46. The highest BCUT2D eigenvalue weighted by Gasteiger charge is 2.32. The van der Waals surface area contributed by atoms with Gasteiger partial charge in [-0.3, -0.25) is 10.2 Å². The third kappa shape index (κ3) is 4.73. The predicted octanol–water partition coefficient (Wildman–Crippen LogP) is 2.30. The lowest BCUT2D eigenvalue weighted by Crippen LogP contribution is -2.47. The largest absolute Gasteiger partial charge is 0.376 e. The second kappa shape index (κ2) is 6.89. The second-order valence-corrected chi connectivity index (χ2v) is 6.81. The SMILES string of the molecule is CC1CN(CCCCC(C)(C#N)NC2CC2)C(C)CO1. The first-order chi connectivity index (χ1) is 9.52. The van der Waals surface area contributed by atoms with E-state index in [4.69, 9.17) is 4.74 Å². The van der Waals surface area contributed by atoms with E-state index in [9.17, 15) is 5.26 Å². The standard InChI is InChI=1S/C16H29N3O/c1-13-11-20-14(2)10-19(13)9-5-4-8-16(3,12-17)18-15-6-7-15/h13-15,18H,4-11H2,1-3H3. The van der Waals surface area contributed by atoms with Crippen molar-refractivity contribution >= 4 is 0 Å². The lowest BCUT2D eigenvalue weighted by molar-refractivity contribution is -0.0497. The summed E-state index contributed by atoms with van der Waals surface area (Å²) in [7, 11) is 0. The molecule has 20 heavy (non-hydrogen) atoms. The number of nitrogens with zero attached hydrogens (tertiary/aromatic N) is 2. The summed E-state index contributed by atoms with van der Waals surface area (Å²) in [6, 6.07) is 3.58. The molecule has 1 aliphatic heterocycles. The van der Waals surface area contributed by atoms with Crippen molar-refractivity contribution in [3.63, 3.8) is 0 Å². The van der Waals surface area contributed by atoms with E-state index < -0.39 is 0 Å². The Kier molecular flexibility index (Phi) is 5.42. The smallest absolute Gasteiger partial charge is 0.104 e. The molecule has 1 heterocycles. The van der Waals surface area contributed by atoms with Crippen LogP contribution in [0.25, 0.3) is 0 Å². The number of nitrogens with one attached hydrogen (secondary N) is 1. The van der Waals surface area contributed by atoms with Gasteiger partial charge in [-0.1, -0.05) is 0 Å². The summed E-state index contributed by atoms with van der Waals surface area (Å²) in [5.41, 5.74) is -0.328. The molecule has 4 heteroatoms. The Bertz CT molecular complexity index is 350. The molecule has 0 bridgehead atoms. The van der Waals surface area contributed by atoms with Crippen LogP contribution in [0.15, 0.2) is 0 Å². The summed E-state index contributed by atoms with van der Waals surface area (Å²) < 4.78 is 5.65. The molecule has 1 aliphatic carbocycles. The molecule has 0 spiro atoms. The maximum Gasteiger partial charge on any atom is 0.104 e. The molecule has 0 radical (unpaired) electrons. The van der Waals surface area contributed by atoms with E-state index in [-0.39, 0.29) is 5.54 Å². The molecule has 3 unspecified atom stereocenters. The molecule has 2 rings (SSSR count). The van der Waals surface area contributed by atoms with Crippen LogP contribution in [0.1, 0.15) is 52.9 Å². The Morgan fingerprint density at radius 3 is 2.75 bits per heavy atom. The van der Waals surface area contributed by atoms with E-state index in [1.807, 2.05) is 6.92 Å². The third-order valence-electron chi connectivity index (χ3n) is 4.46. The molecule has 0 amide bonds. The summed E-state index contributed by atoms with van der Waals surface area (Å²) >= 11 is 0. The highest BCUT2D eigenvalue weighted by molar-refractivity contribution is 5.06. The molecule has 0 aromatic carbocycles. The number of hydrogen-bond donors (Lipinski definition) is 1. The number of morpholine rings is 1. The van der Waals surface area contributed by atoms with Crippen molar-refractivity contribution in [1.82, 2.24) is 10.2 Å². The summed E-state index contributed by atoms with van der Waals surface area (Å²) in [5.74, 6) is 0. The van der Waals surface area contributed by atoms with Gasteiger partial charge in [0.2, 0.25) is 0 Å². The van der Waals surface area contributed by atoms with Gasteiger partial charge in [-0.15, -0.1) is 0 Å². The summed E-state index contributed by atoms with van der Waals surface area (Å²) in [6.07, 6.45) is 6.06. The van der Waals surface area contributed by atoms with Crippen molar-refractivity contribution in [2.24, 2.45) is 0 Å². The summed E-state index contributed by atoms with van der Waals surface area (Å²) in [6.45, 7) is 9.44. The van der Waals surface area contributed by atoms with Crippen LogP contribution in [0.2, 0.25) is 0 Å². The van der Waals surface area contributed by atoms with Gasteiger partial charge in [0.25, 0.3) is 0 Å². The van der Waals surface area contributed by atoms with Crippen LogP contribution in [0.3, 0.4) is 0 Å². The van der Waals surface area contributed by atoms with Gasteiger partial charge in [-0.05, 0) is 59.4 Å². The van der Waals surface area contributed by atoms with Crippen LogP contribution in [-0.2, 0) is 4.74 Å². The lowest BCUT2D eigenvalue weighted by atomic mass is 9.96. The van der Waals surface area contributed by atoms with Crippen molar-refractivity contribution in [3.8, 4) is 6.07 Å². The van der Waals surface area contributed by atoms with Gasteiger partial charge in [0.1, 0.15) is 5.54 Å². The van der Waals surface area contributed by atoms with Crippen LogP contribution >= 0.6 is 0 Å². The Morgan fingerprint density at radius 1 is 1.35 bits per heavy atom. The van der Waals surface area contributed by atoms with E-state index in [1.165, 1.54) is 19.3 Å². The molecule has 3 atom stereocenters. The van der Waals surface area contributed by atoms with E-state index >= 15 is 0 Å². The summed E-state index contributed by atoms with van der Waals surface area (Å²) in [4.78, 5) is 2.52. The fourth-order valence-electron chi connectivity index (χ4n) is 2.92. The molecular weight excluding hydrogens is 250 g/mol. The molecule has 1 saturated heterocycles. The maximum atomic E-state index is 9.35. The maximum absolute atomic E-state index is 9.35. The van der Waals surface area contributed by atoms with Crippen LogP contribution in [0.4, 0.5) is 0 Å². The zero-order valence-electron chi connectivity index (χ0n) is 13.2. The monoisotopic (exact) mass is 279 g/mol. The van der Waals surface area contributed by atoms with Gasteiger partial charge in [0.05, 0.1) is 18.8 Å². The fraction of sp³-hybridized carbons (Fsp3) is 0.938. The summed E-state index contributed by atoms with van der Waals surface area (Å²) in [5, 5.41) is 12.8. The van der Waals surface area contributed by atoms with Crippen molar-refractivity contribution in [1.29, 1.82) is 5.26 Å². The topological polar surface area (TPSA) is 48.3 Å². The fourth-order valence-corrected chi connectivity index (χ4v) is 2.92. The first-order valence-corrected chi connectivity index (χ1v) is 8.07. The van der Waals surface area contributed by atoms with Gasteiger partial charge in [-0.25, -0.2) is 0 Å². The molecular formula is C16H29N3O. The number of nitriles is 1. The van der Waals surface area contributed by atoms with Gasteiger partial charge < -0.3 is 4.74 Å². The van der Waals surface area contributed by atoms with Gasteiger partial charge in [0, 0.05) is 18.6 Å². The zero-order chi connectivity index (χ0) is 14.6.